The van der Waals surface area contributed by atoms with Gasteiger partial charge in [-0.25, -0.2) is 0 Å². The highest BCUT2D eigenvalue weighted by Crippen LogP contribution is 2.17. The van der Waals surface area contributed by atoms with E-state index in [1.54, 1.807) is 31.0 Å². The van der Waals surface area contributed by atoms with Gasteiger partial charge in [-0.15, -0.1) is 0 Å². The molecule has 2 amide bonds. The van der Waals surface area contributed by atoms with Gasteiger partial charge < -0.3 is 10.2 Å². The summed E-state index contributed by atoms with van der Waals surface area (Å²) in [6, 6.07) is 17.7. The molecule has 0 saturated carbocycles. The molecular weight excluding hydrogens is 314 g/mol. The predicted molar refractivity (Wildman–Crippen MR) is 95.2 cm³/mol. The fraction of sp³-hybridized carbons (Fsp3) is 0.250. The largest absolute Gasteiger partial charge is 0.341 e. The molecule has 0 bridgehead atoms. The molecular formula is C20H21N3O2. The molecule has 0 aliphatic heterocycles. The summed E-state index contributed by atoms with van der Waals surface area (Å²) in [5.74, 6) is -0.355. The molecule has 0 spiro atoms. The highest BCUT2D eigenvalue weighted by atomic mass is 16.2. The molecule has 128 valence electrons. The number of nitriles is 1. The van der Waals surface area contributed by atoms with Gasteiger partial charge in [0, 0.05) is 20.0 Å². The van der Waals surface area contributed by atoms with Crippen LogP contribution in [0.4, 0.5) is 0 Å². The SMILES string of the molecule is CCC(=O)N[C@H](C(=O)N(C)Cc1ccc(C#N)cc1)c1ccccc1. The van der Waals surface area contributed by atoms with Crippen LogP contribution in [0.5, 0.6) is 0 Å². The summed E-state index contributed by atoms with van der Waals surface area (Å²) >= 11 is 0. The van der Waals surface area contributed by atoms with Crippen LogP contribution < -0.4 is 5.32 Å². The maximum absolute atomic E-state index is 12.9. The van der Waals surface area contributed by atoms with Gasteiger partial charge in [0.05, 0.1) is 11.6 Å². The van der Waals surface area contributed by atoms with E-state index in [0.717, 1.165) is 11.1 Å². The average molecular weight is 335 g/mol. The van der Waals surface area contributed by atoms with E-state index in [2.05, 4.69) is 11.4 Å². The van der Waals surface area contributed by atoms with Crippen LogP contribution in [-0.2, 0) is 16.1 Å². The van der Waals surface area contributed by atoms with Crippen molar-refractivity contribution in [1.82, 2.24) is 10.2 Å². The minimum atomic E-state index is -0.711. The molecule has 0 saturated heterocycles. The number of nitrogens with one attached hydrogen (secondary N) is 1. The zero-order chi connectivity index (χ0) is 18.2. The van der Waals surface area contributed by atoms with E-state index in [1.165, 1.54) is 0 Å². The molecule has 25 heavy (non-hydrogen) atoms. The minimum Gasteiger partial charge on any atom is -0.341 e. The first-order valence-electron chi connectivity index (χ1n) is 8.13. The van der Waals surface area contributed by atoms with Crippen molar-refractivity contribution < 1.29 is 9.59 Å². The summed E-state index contributed by atoms with van der Waals surface area (Å²) in [4.78, 5) is 26.3. The monoisotopic (exact) mass is 335 g/mol. The lowest BCUT2D eigenvalue weighted by atomic mass is 10.0. The summed E-state index contributed by atoms with van der Waals surface area (Å²) in [7, 11) is 1.70. The van der Waals surface area contributed by atoms with E-state index in [9.17, 15) is 9.59 Å². The van der Waals surface area contributed by atoms with Gasteiger partial charge in [0.25, 0.3) is 0 Å². The second-order valence-electron chi connectivity index (χ2n) is 5.77. The van der Waals surface area contributed by atoms with Crippen molar-refractivity contribution in [3.05, 3.63) is 71.3 Å². The van der Waals surface area contributed by atoms with Crippen LogP contribution in [0.15, 0.2) is 54.6 Å². The second kappa shape index (κ2) is 8.65. The molecule has 5 nitrogen and oxygen atoms in total. The molecule has 2 aromatic rings. The number of likely N-dealkylation sites (N-methyl/N-ethyl adjacent to an activating group) is 1. The van der Waals surface area contributed by atoms with Gasteiger partial charge in [0.2, 0.25) is 11.8 Å². The number of rotatable bonds is 6. The smallest absolute Gasteiger partial charge is 0.249 e. The molecule has 2 aromatic carbocycles. The molecule has 0 aliphatic rings. The molecule has 1 atom stereocenters. The van der Waals surface area contributed by atoms with E-state index in [-0.39, 0.29) is 11.8 Å². The van der Waals surface area contributed by atoms with Crippen LogP contribution >= 0.6 is 0 Å². The fourth-order valence-electron chi connectivity index (χ4n) is 2.45. The Labute approximate surface area is 147 Å². The lowest BCUT2D eigenvalue weighted by molar-refractivity contribution is -0.136. The van der Waals surface area contributed by atoms with Gasteiger partial charge in [0.1, 0.15) is 6.04 Å². The highest BCUT2D eigenvalue weighted by Gasteiger charge is 2.25. The van der Waals surface area contributed by atoms with E-state index in [0.29, 0.717) is 18.5 Å². The molecule has 1 N–H and O–H groups in total. The number of hydrogen-bond acceptors (Lipinski definition) is 3. The standard InChI is InChI=1S/C20H21N3O2/c1-3-18(24)22-19(17-7-5-4-6-8-17)20(25)23(2)14-16-11-9-15(13-21)10-12-16/h4-12,19H,3,14H2,1-2H3,(H,22,24)/t19-/m0/s1. The Balaban J connectivity index is 2.16. The number of amides is 2. The molecule has 0 fully saturated rings. The molecule has 0 aromatic heterocycles. The lowest BCUT2D eigenvalue weighted by Crippen LogP contribution is -2.40. The second-order valence-corrected chi connectivity index (χ2v) is 5.77. The average Bonchev–Trinajstić information content (AvgIpc) is 2.66. The van der Waals surface area contributed by atoms with Gasteiger partial charge in [0.15, 0.2) is 0 Å². The van der Waals surface area contributed by atoms with Crippen molar-refractivity contribution in [3.63, 3.8) is 0 Å². The first-order valence-corrected chi connectivity index (χ1v) is 8.13. The van der Waals surface area contributed by atoms with Crippen LogP contribution in [-0.4, -0.2) is 23.8 Å². The fourth-order valence-corrected chi connectivity index (χ4v) is 2.45. The maximum atomic E-state index is 12.9. The predicted octanol–water partition coefficient (Wildman–Crippen LogP) is 2.78. The first kappa shape index (κ1) is 18.2. The van der Waals surface area contributed by atoms with E-state index < -0.39 is 6.04 Å². The third kappa shape index (κ3) is 4.92. The summed E-state index contributed by atoms with van der Waals surface area (Å²) in [5, 5.41) is 11.6. The minimum absolute atomic E-state index is 0.172. The Morgan fingerprint density at radius 3 is 2.32 bits per heavy atom. The first-order chi connectivity index (χ1) is 12.0. The molecule has 0 heterocycles. The van der Waals surface area contributed by atoms with Crippen molar-refractivity contribution in [2.24, 2.45) is 0 Å². The van der Waals surface area contributed by atoms with E-state index >= 15 is 0 Å². The van der Waals surface area contributed by atoms with Gasteiger partial charge >= 0.3 is 0 Å². The Morgan fingerprint density at radius 1 is 1.12 bits per heavy atom. The van der Waals surface area contributed by atoms with E-state index in [1.807, 2.05) is 42.5 Å². The Morgan fingerprint density at radius 2 is 1.76 bits per heavy atom. The van der Waals surface area contributed by atoms with Gasteiger partial charge in [-0.2, -0.15) is 5.26 Å². The molecule has 0 radical (unpaired) electrons. The summed E-state index contributed by atoms with van der Waals surface area (Å²) in [6.07, 6.45) is 0.315. The summed E-state index contributed by atoms with van der Waals surface area (Å²) in [6.45, 7) is 2.15. The van der Waals surface area contributed by atoms with Crippen LogP contribution in [0.3, 0.4) is 0 Å². The van der Waals surface area contributed by atoms with Gasteiger partial charge in [-0.1, -0.05) is 49.4 Å². The number of carbonyl (C=O) groups is 2. The molecule has 0 aliphatic carbocycles. The van der Waals surface area contributed by atoms with Crippen molar-refractivity contribution in [2.45, 2.75) is 25.9 Å². The third-order valence-electron chi connectivity index (χ3n) is 3.89. The topological polar surface area (TPSA) is 73.2 Å². The Kier molecular flexibility index (Phi) is 6.30. The van der Waals surface area contributed by atoms with Crippen LogP contribution in [0.25, 0.3) is 0 Å². The quantitative estimate of drug-likeness (QED) is 0.882. The Hall–Kier alpha value is -3.13. The summed E-state index contributed by atoms with van der Waals surface area (Å²) in [5.41, 5.74) is 2.25. The normalized spacial score (nSPS) is 11.2. The number of hydrogen-bond donors (Lipinski definition) is 1. The number of carbonyl (C=O) groups excluding carboxylic acids is 2. The van der Waals surface area contributed by atoms with Gasteiger partial charge in [-0.05, 0) is 23.3 Å². The Bertz CT molecular complexity index is 764. The van der Waals surface area contributed by atoms with Gasteiger partial charge in [-0.3, -0.25) is 9.59 Å². The zero-order valence-corrected chi connectivity index (χ0v) is 14.4. The molecule has 5 heteroatoms. The van der Waals surface area contributed by atoms with Crippen LogP contribution in [0, 0.1) is 11.3 Å². The zero-order valence-electron chi connectivity index (χ0n) is 14.4. The molecule has 0 unspecified atom stereocenters. The third-order valence-corrected chi connectivity index (χ3v) is 3.89. The van der Waals surface area contributed by atoms with E-state index in [4.69, 9.17) is 5.26 Å². The van der Waals surface area contributed by atoms with Crippen molar-refractivity contribution in [1.29, 1.82) is 5.26 Å². The van der Waals surface area contributed by atoms with Crippen molar-refractivity contribution in [3.8, 4) is 6.07 Å². The number of benzene rings is 2. The lowest BCUT2D eigenvalue weighted by Gasteiger charge is -2.25. The maximum Gasteiger partial charge on any atom is 0.249 e. The summed E-state index contributed by atoms with van der Waals surface area (Å²) < 4.78 is 0. The van der Waals surface area contributed by atoms with Crippen LogP contribution in [0.2, 0.25) is 0 Å². The molecule has 2 rings (SSSR count). The number of nitrogens with zero attached hydrogens (tertiary/aromatic N) is 2. The van der Waals surface area contributed by atoms with Crippen molar-refractivity contribution in [2.75, 3.05) is 7.05 Å². The highest BCUT2D eigenvalue weighted by molar-refractivity contribution is 5.88. The van der Waals surface area contributed by atoms with Crippen LogP contribution in [0.1, 0.15) is 36.1 Å². The van der Waals surface area contributed by atoms with Crippen molar-refractivity contribution >= 4 is 11.8 Å².